The van der Waals surface area contributed by atoms with Crippen LogP contribution in [-0.4, -0.2) is 27.8 Å². The molecule has 2 rings (SSSR count). The molecule has 1 aromatic rings. The summed E-state index contributed by atoms with van der Waals surface area (Å²) in [4.78, 5) is 4.00. The molecule has 0 N–H and O–H groups in total. The third-order valence-corrected chi connectivity index (χ3v) is 4.52. The highest BCUT2D eigenvalue weighted by Gasteiger charge is 2.20. The van der Waals surface area contributed by atoms with Gasteiger partial charge >= 0.3 is 0 Å². The molecule has 0 saturated carbocycles. The van der Waals surface area contributed by atoms with E-state index in [9.17, 15) is 4.21 Å². The molecule has 14 heavy (non-hydrogen) atoms. The molecule has 76 valence electrons. The lowest BCUT2D eigenvalue weighted by atomic mass is 10.4. The van der Waals surface area contributed by atoms with Crippen LogP contribution >= 0.6 is 0 Å². The minimum absolute atomic E-state index is 0.446. The molecular formula is C9H12N2O2S. The van der Waals surface area contributed by atoms with Crippen LogP contribution in [0.15, 0.2) is 22.7 Å². The van der Waals surface area contributed by atoms with Crippen LogP contribution in [0.25, 0.3) is 0 Å². The maximum atomic E-state index is 11.8. The number of rotatable bonds is 2. The molecule has 1 fully saturated rings. The molecule has 0 unspecified atom stereocenters. The average Bonchev–Trinajstić information content (AvgIpc) is 2.16. The van der Waals surface area contributed by atoms with E-state index in [1.807, 2.05) is 0 Å². The topological polar surface area (TPSA) is 51.6 Å². The van der Waals surface area contributed by atoms with Gasteiger partial charge < -0.3 is 4.74 Å². The van der Waals surface area contributed by atoms with Crippen LogP contribution in [-0.2, 0) is 9.73 Å². The van der Waals surface area contributed by atoms with Crippen molar-refractivity contribution >= 4 is 15.4 Å². The third-order valence-electron chi connectivity index (χ3n) is 2.14. The molecular weight excluding hydrogens is 200 g/mol. The summed E-state index contributed by atoms with van der Waals surface area (Å²) >= 11 is 0. The highest BCUT2D eigenvalue weighted by molar-refractivity contribution is 7.95. The van der Waals surface area contributed by atoms with E-state index in [-0.39, 0.29) is 0 Å². The zero-order valence-corrected chi connectivity index (χ0v) is 8.79. The average molecular weight is 212 g/mol. The monoisotopic (exact) mass is 212 g/mol. The van der Waals surface area contributed by atoms with Gasteiger partial charge in [-0.3, -0.25) is 0 Å². The van der Waals surface area contributed by atoms with Crippen molar-refractivity contribution in [3.63, 3.8) is 0 Å². The lowest BCUT2D eigenvalue weighted by Gasteiger charge is -2.18. The Hall–Kier alpha value is -1.10. The summed E-state index contributed by atoms with van der Waals surface area (Å²) in [5.74, 6) is 1.85. The number of hydrogen-bond acceptors (Lipinski definition) is 4. The summed E-state index contributed by atoms with van der Waals surface area (Å²) in [6, 6.07) is 3.54. The standard InChI is InChI=1S/C9H12N2O2S/c1-13-9-8(4-2-5-10-9)11-14(12)6-3-7-14/h2,4-5H,3,6-7H2,1H3. The van der Waals surface area contributed by atoms with Gasteiger partial charge in [-0.25, -0.2) is 9.19 Å². The Bertz CT molecular complexity index is 440. The van der Waals surface area contributed by atoms with E-state index in [2.05, 4.69) is 9.35 Å². The Kier molecular flexibility index (Phi) is 2.41. The molecule has 0 atom stereocenters. The summed E-state index contributed by atoms with van der Waals surface area (Å²) in [7, 11) is -0.433. The first-order chi connectivity index (χ1) is 6.73. The molecule has 1 saturated heterocycles. The van der Waals surface area contributed by atoms with Gasteiger partial charge in [0, 0.05) is 17.7 Å². The normalized spacial score (nSPS) is 18.4. The Morgan fingerprint density at radius 1 is 1.57 bits per heavy atom. The van der Waals surface area contributed by atoms with Crippen molar-refractivity contribution in [1.29, 1.82) is 0 Å². The number of aromatic nitrogens is 1. The molecule has 5 heteroatoms. The van der Waals surface area contributed by atoms with E-state index in [1.165, 1.54) is 7.11 Å². The largest absolute Gasteiger partial charge is 0.479 e. The predicted molar refractivity (Wildman–Crippen MR) is 55.4 cm³/mol. The molecule has 0 spiro atoms. The van der Waals surface area contributed by atoms with Crippen molar-refractivity contribution in [3.8, 4) is 5.88 Å². The van der Waals surface area contributed by atoms with Crippen molar-refractivity contribution in [2.24, 2.45) is 4.36 Å². The van der Waals surface area contributed by atoms with Gasteiger partial charge in [-0.1, -0.05) is 0 Å². The summed E-state index contributed by atoms with van der Waals surface area (Å²) in [6.45, 7) is 0. The quantitative estimate of drug-likeness (QED) is 0.748. The van der Waals surface area contributed by atoms with E-state index in [1.54, 1.807) is 18.3 Å². The SMILES string of the molecule is COc1ncccc1N=S1(=O)CCC1. The van der Waals surface area contributed by atoms with Gasteiger partial charge in [0.25, 0.3) is 0 Å². The van der Waals surface area contributed by atoms with Crippen molar-refractivity contribution in [1.82, 2.24) is 4.98 Å². The zero-order chi connectivity index (χ0) is 10.0. The van der Waals surface area contributed by atoms with Crippen molar-refractivity contribution in [2.75, 3.05) is 18.6 Å². The first-order valence-corrected chi connectivity index (χ1v) is 6.30. The molecule has 1 aromatic heterocycles. The highest BCUT2D eigenvalue weighted by atomic mass is 32.2. The van der Waals surface area contributed by atoms with Crippen molar-refractivity contribution in [3.05, 3.63) is 18.3 Å². The maximum absolute atomic E-state index is 11.8. The Morgan fingerprint density at radius 3 is 2.93 bits per heavy atom. The van der Waals surface area contributed by atoms with E-state index < -0.39 is 9.73 Å². The second kappa shape index (κ2) is 3.57. The fraction of sp³-hybridized carbons (Fsp3) is 0.444. The maximum Gasteiger partial charge on any atom is 0.240 e. The van der Waals surface area contributed by atoms with Crippen LogP contribution in [0.2, 0.25) is 0 Å². The van der Waals surface area contributed by atoms with E-state index >= 15 is 0 Å². The van der Waals surface area contributed by atoms with Crippen LogP contribution in [0.5, 0.6) is 5.88 Å². The first kappa shape index (κ1) is 9.45. The Labute approximate surface area is 83.5 Å². The van der Waals surface area contributed by atoms with Gasteiger partial charge in [0.15, 0.2) is 0 Å². The molecule has 0 aliphatic carbocycles. The second-order valence-corrected chi connectivity index (χ2v) is 5.70. The van der Waals surface area contributed by atoms with Crippen molar-refractivity contribution < 1.29 is 8.95 Å². The molecule has 2 heterocycles. The van der Waals surface area contributed by atoms with Gasteiger partial charge in [-0.05, 0) is 18.6 Å². The van der Waals surface area contributed by atoms with Gasteiger partial charge in [-0.2, -0.15) is 4.36 Å². The smallest absolute Gasteiger partial charge is 0.240 e. The Balaban J connectivity index is 2.42. The molecule has 0 amide bonds. The molecule has 0 aromatic carbocycles. The predicted octanol–water partition coefficient (Wildman–Crippen LogP) is 1.59. The fourth-order valence-electron chi connectivity index (χ4n) is 1.27. The fourth-order valence-corrected chi connectivity index (χ4v) is 2.73. The van der Waals surface area contributed by atoms with Crippen LogP contribution in [0.3, 0.4) is 0 Å². The zero-order valence-electron chi connectivity index (χ0n) is 7.97. The summed E-state index contributed by atoms with van der Waals surface area (Å²) in [5, 5.41) is 0. The van der Waals surface area contributed by atoms with Crippen LogP contribution < -0.4 is 4.74 Å². The second-order valence-electron chi connectivity index (χ2n) is 3.16. The number of methoxy groups -OCH3 is 1. The van der Waals surface area contributed by atoms with Crippen molar-refractivity contribution in [2.45, 2.75) is 6.42 Å². The summed E-state index contributed by atoms with van der Waals surface area (Å²) < 4.78 is 21.1. The molecule has 1 aliphatic rings. The van der Waals surface area contributed by atoms with Crippen LogP contribution in [0, 0.1) is 0 Å². The van der Waals surface area contributed by atoms with Gasteiger partial charge in [0.05, 0.1) is 16.8 Å². The Morgan fingerprint density at radius 2 is 2.36 bits per heavy atom. The molecule has 0 bridgehead atoms. The highest BCUT2D eigenvalue weighted by Crippen LogP contribution is 2.27. The van der Waals surface area contributed by atoms with Gasteiger partial charge in [0.2, 0.25) is 5.88 Å². The minimum Gasteiger partial charge on any atom is -0.479 e. The van der Waals surface area contributed by atoms with Gasteiger partial charge in [0.1, 0.15) is 5.69 Å². The molecule has 1 aliphatic heterocycles. The van der Waals surface area contributed by atoms with Crippen LogP contribution in [0.1, 0.15) is 6.42 Å². The molecule has 4 nitrogen and oxygen atoms in total. The van der Waals surface area contributed by atoms with E-state index in [4.69, 9.17) is 4.74 Å². The van der Waals surface area contributed by atoms with E-state index in [0.717, 1.165) is 6.42 Å². The number of ether oxygens (including phenoxy) is 1. The number of nitrogens with zero attached hydrogens (tertiary/aromatic N) is 2. The first-order valence-electron chi connectivity index (χ1n) is 4.45. The summed E-state index contributed by atoms with van der Waals surface area (Å²) in [6.07, 6.45) is 2.64. The van der Waals surface area contributed by atoms with Gasteiger partial charge in [-0.15, -0.1) is 0 Å². The van der Waals surface area contributed by atoms with E-state index in [0.29, 0.717) is 23.1 Å². The third kappa shape index (κ3) is 1.72. The number of pyridine rings is 1. The lowest BCUT2D eigenvalue weighted by molar-refractivity contribution is 0.399. The minimum atomic E-state index is -1.97. The summed E-state index contributed by atoms with van der Waals surface area (Å²) in [5.41, 5.74) is 0.597. The molecule has 0 radical (unpaired) electrons. The number of hydrogen-bond donors (Lipinski definition) is 0. The lowest BCUT2D eigenvalue weighted by Crippen LogP contribution is -2.23. The van der Waals surface area contributed by atoms with Crippen LogP contribution in [0.4, 0.5) is 5.69 Å².